The van der Waals surface area contributed by atoms with Crippen LogP contribution in [0.5, 0.6) is 5.75 Å². The van der Waals surface area contributed by atoms with Gasteiger partial charge in [-0.2, -0.15) is 0 Å². The molecular weight excluding hydrogens is 358 g/mol. The number of hydrogen-bond acceptors (Lipinski definition) is 5. The Labute approximate surface area is 165 Å². The molecule has 1 saturated heterocycles. The minimum absolute atomic E-state index is 0.132. The van der Waals surface area contributed by atoms with Gasteiger partial charge in [-0.05, 0) is 56.3 Å². The van der Waals surface area contributed by atoms with E-state index < -0.39 is 0 Å². The fourth-order valence-electron chi connectivity index (χ4n) is 3.64. The molecule has 1 aliphatic heterocycles. The van der Waals surface area contributed by atoms with E-state index in [1.54, 1.807) is 18.4 Å². The molecule has 3 rings (SSSR count). The van der Waals surface area contributed by atoms with E-state index in [9.17, 15) is 4.79 Å². The van der Waals surface area contributed by atoms with E-state index in [0.717, 1.165) is 42.4 Å². The number of ether oxygens (including phenoxy) is 1. The van der Waals surface area contributed by atoms with Crippen LogP contribution in [-0.4, -0.2) is 36.0 Å². The molecule has 1 aliphatic rings. The molecule has 0 aliphatic carbocycles. The lowest BCUT2D eigenvalue weighted by atomic mass is 9.93. The summed E-state index contributed by atoms with van der Waals surface area (Å²) in [5.41, 5.74) is 1.06. The first-order valence-corrected chi connectivity index (χ1v) is 10.5. The van der Waals surface area contributed by atoms with Gasteiger partial charge in [0.15, 0.2) is 0 Å². The predicted octanol–water partition coefficient (Wildman–Crippen LogP) is 3.77. The lowest BCUT2D eigenvalue weighted by molar-refractivity contribution is -0.121. The molecule has 0 radical (unpaired) electrons. The minimum Gasteiger partial charge on any atom is -0.497 e. The Hall–Kier alpha value is -1.92. The highest BCUT2D eigenvalue weighted by molar-refractivity contribution is 7.11. The molecule has 0 bridgehead atoms. The molecule has 1 atom stereocenters. The van der Waals surface area contributed by atoms with Gasteiger partial charge >= 0.3 is 0 Å². The van der Waals surface area contributed by atoms with Gasteiger partial charge < -0.3 is 10.1 Å². The van der Waals surface area contributed by atoms with Crippen molar-refractivity contribution in [2.45, 2.75) is 45.7 Å². The summed E-state index contributed by atoms with van der Waals surface area (Å²) in [4.78, 5) is 20.4. The van der Waals surface area contributed by atoms with E-state index in [4.69, 9.17) is 4.74 Å². The van der Waals surface area contributed by atoms with Crippen LogP contribution >= 0.6 is 11.3 Å². The molecule has 5 nitrogen and oxygen atoms in total. The first-order valence-electron chi connectivity index (χ1n) is 9.65. The van der Waals surface area contributed by atoms with Gasteiger partial charge in [-0.25, -0.2) is 4.98 Å². The first kappa shape index (κ1) is 19.8. The van der Waals surface area contributed by atoms with Crippen LogP contribution in [0.15, 0.2) is 30.5 Å². The Kier molecular flexibility index (Phi) is 7.24. The number of methoxy groups -OCH3 is 1. The van der Waals surface area contributed by atoms with Gasteiger partial charge in [0.05, 0.1) is 12.1 Å². The predicted molar refractivity (Wildman–Crippen MR) is 109 cm³/mol. The molecular formula is C21H29N3O2S. The van der Waals surface area contributed by atoms with Gasteiger partial charge in [-0.15, -0.1) is 11.3 Å². The summed E-state index contributed by atoms with van der Waals surface area (Å²) in [6.45, 7) is 5.83. The molecule has 2 heterocycles. The van der Waals surface area contributed by atoms with Gasteiger partial charge in [0.1, 0.15) is 5.75 Å². The minimum atomic E-state index is 0.132. The summed E-state index contributed by atoms with van der Waals surface area (Å²) in [7, 11) is 1.65. The van der Waals surface area contributed by atoms with Crippen molar-refractivity contribution < 1.29 is 9.53 Å². The average Bonchev–Trinajstić information content (AvgIpc) is 3.10. The standard InChI is InChI=1S/C21H29N3O2S/c1-16-22-13-20(27-16)15-24-10-4-6-17(14-24)8-9-21(25)23-12-18-5-3-7-19(11-18)26-2/h3,5,7,11,13,17H,4,6,8-10,12,14-15H2,1-2H3,(H,23,25)/t17-/m1/s1. The van der Waals surface area contributed by atoms with Crippen LogP contribution in [0, 0.1) is 12.8 Å². The van der Waals surface area contributed by atoms with Crippen LogP contribution in [0.25, 0.3) is 0 Å². The molecule has 0 saturated carbocycles. The molecule has 1 N–H and O–H groups in total. The maximum absolute atomic E-state index is 12.2. The largest absolute Gasteiger partial charge is 0.497 e. The normalized spacial score (nSPS) is 17.6. The van der Waals surface area contributed by atoms with E-state index in [1.807, 2.05) is 30.5 Å². The molecule has 1 fully saturated rings. The number of thiazole rings is 1. The van der Waals surface area contributed by atoms with Gasteiger partial charge in [0.2, 0.25) is 5.91 Å². The van der Waals surface area contributed by atoms with Crippen LogP contribution in [-0.2, 0) is 17.9 Å². The lowest BCUT2D eigenvalue weighted by Crippen LogP contribution is -2.35. The SMILES string of the molecule is COc1cccc(CNC(=O)CC[C@H]2CCCN(Cc3cnc(C)s3)C2)c1. The molecule has 146 valence electrons. The third-order valence-electron chi connectivity index (χ3n) is 5.06. The summed E-state index contributed by atoms with van der Waals surface area (Å²) in [5, 5.41) is 4.16. The maximum atomic E-state index is 12.2. The third-order valence-corrected chi connectivity index (χ3v) is 5.95. The van der Waals surface area contributed by atoms with Gasteiger partial charge in [-0.1, -0.05) is 12.1 Å². The van der Waals surface area contributed by atoms with E-state index in [2.05, 4.69) is 22.1 Å². The first-order chi connectivity index (χ1) is 13.1. The van der Waals surface area contributed by atoms with Crippen molar-refractivity contribution in [1.29, 1.82) is 0 Å². The Morgan fingerprint density at radius 1 is 1.44 bits per heavy atom. The number of benzene rings is 1. The van der Waals surface area contributed by atoms with Crippen molar-refractivity contribution in [3.63, 3.8) is 0 Å². The number of amides is 1. The van der Waals surface area contributed by atoms with E-state index >= 15 is 0 Å². The van der Waals surface area contributed by atoms with Crippen LogP contribution in [0.1, 0.15) is 41.1 Å². The van der Waals surface area contributed by atoms with Crippen molar-refractivity contribution in [2.24, 2.45) is 5.92 Å². The van der Waals surface area contributed by atoms with Crippen molar-refractivity contribution in [3.05, 3.63) is 45.9 Å². The number of rotatable bonds is 8. The lowest BCUT2D eigenvalue weighted by Gasteiger charge is -2.32. The molecule has 0 unspecified atom stereocenters. The zero-order valence-corrected chi connectivity index (χ0v) is 17.1. The summed E-state index contributed by atoms with van der Waals surface area (Å²) in [5.74, 6) is 1.56. The molecule has 1 amide bonds. The van der Waals surface area contributed by atoms with Crippen molar-refractivity contribution in [1.82, 2.24) is 15.2 Å². The molecule has 1 aromatic carbocycles. The number of aromatic nitrogens is 1. The van der Waals surface area contributed by atoms with Crippen LogP contribution in [0.2, 0.25) is 0 Å². The fourth-order valence-corrected chi connectivity index (χ4v) is 4.47. The van der Waals surface area contributed by atoms with Gasteiger partial charge in [0.25, 0.3) is 0 Å². The number of carbonyl (C=O) groups is 1. The van der Waals surface area contributed by atoms with E-state index in [-0.39, 0.29) is 5.91 Å². The molecule has 0 spiro atoms. The molecule has 6 heteroatoms. The van der Waals surface area contributed by atoms with Crippen molar-refractivity contribution in [2.75, 3.05) is 20.2 Å². The van der Waals surface area contributed by atoms with Crippen LogP contribution < -0.4 is 10.1 Å². The molecule has 27 heavy (non-hydrogen) atoms. The zero-order chi connectivity index (χ0) is 19.1. The number of nitrogens with one attached hydrogen (secondary N) is 1. The van der Waals surface area contributed by atoms with Crippen molar-refractivity contribution in [3.8, 4) is 5.75 Å². The second-order valence-corrected chi connectivity index (χ2v) is 8.58. The highest BCUT2D eigenvalue weighted by atomic mass is 32.1. The summed E-state index contributed by atoms with van der Waals surface area (Å²) >= 11 is 1.78. The number of aryl methyl sites for hydroxylation is 1. The van der Waals surface area contributed by atoms with Gasteiger partial charge in [-0.3, -0.25) is 9.69 Å². The summed E-state index contributed by atoms with van der Waals surface area (Å²) < 4.78 is 5.22. The number of nitrogens with zero attached hydrogens (tertiary/aromatic N) is 2. The van der Waals surface area contributed by atoms with E-state index in [0.29, 0.717) is 18.9 Å². The van der Waals surface area contributed by atoms with E-state index in [1.165, 1.54) is 17.7 Å². The van der Waals surface area contributed by atoms with Crippen LogP contribution in [0.4, 0.5) is 0 Å². The average molecular weight is 388 g/mol. The van der Waals surface area contributed by atoms with Gasteiger partial charge in [0, 0.05) is 37.1 Å². The Balaban J connectivity index is 1.38. The monoisotopic (exact) mass is 387 g/mol. The quantitative estimate of drug-likeness (QED) is 0.749. The Morgan fingerprint density at radius 3 is 3.11 bits per heavy atom. The van der Waals surface area contributed by atoms with Crippen LogP contribution in [0.3, 0.4) is 0 Å². The zero-order valence-electron chi connectivity index (χ0n) is 16.2. The number of piperidine rings is 1. The molecule has 1 aromatic heterocycles. The van der Waals surface area contributed by atoms with Crippen molar-refractivity contribution >= 4 is 17.2 Å². The highest BCUT2D eigenvalue weighted by Gasteiger charge is 2.21. The Bertz CT molecular complexity index is 747. The topological polar surface area (TPSA) is 54.5 Å². The number of likely N-dealkylation sites (tertiary alicyclic amines) is 1. The number of hydrogen-bond donors (Lipinski definition) is 1. The molecule has 2 aromatic rings. The summed E-state index contributed by atoms with van der Waals surface area (Å²) in [6, 6.07) is 7.82. The smallest absolute Gasteiger partial charge is 0.220 e. The Morgan fingerprint density at radius 2 is 2.33 bits per heavy atom. The summed E-state index contributed by atoms with van der Waals surface area (Å²) in [6.07, 6.45) is 6.00. The second-order valence-electron chi connectivity index (χ2n) is 7.26. The fraction of sp³-hybridized carbons (Fsp3) is 0.524. The highest BCUT2D eigenvalue weighted by Crippen LogP contribution is 2.24. The third kappa shape index (κ3) is 6.33. The number of carbonyl (C=O) groups excluding carboxylic acids is 1. The maximum Gasteiger partial charge on any atom is 0.220 e. The second kappa shape index (κ2) is 9.85.